The Morgan fingerprint density at radius 1 is 1.04 bits per heavy atom. The second kappa shape index (κ2) is 9.14. The van der Waals surface area contributed by atoms with Crippen LogP contribution in [-0.2, 0) is 9.47 Å². The summed E-state index contributed by atoms with van der Waals surface area (Å²) in [6, 6.07) is 12.9. The van der Waals surface area contributed by atoms with Crippen molar-refractivity contribution in [1.82, 2.24) is 5.32 Å². The van der Waals surface area contributed by atoms with Gasteiger partial charge in [-0.15, -0.1) is 0 Å². The van der Waals surface area contributed by atoms with Gasteiger partial charge in [0.25, 0.3) is 11.8 Å². The van der Waals surface area contributed by atoms with Crippen molar-refractivity contribution in [3.05, 3.63) is 65.2 Å². The monoisotopic (exact) mass is 382 g/mol. The van der Waals surface area contributed by atoms with Crippen LogP contribution in [0.1, 0.15) is 43.9 Å². The van der Waals surface area contributed by atoms with Gasteiger partial charge in [-0.2, -0.15) is 0 Å². The van der Waals surface area contributed by atoms with E-state index in [1.807, 2.05) is 0 Å². The highest BCUT2D eigenvalue weighted by atomic mass is 16.5. The summed E-state index contributed by atoms with van der Waals surface area (Å²) < 4.78 is 10.2. The predicted molar refractivity (Wildman–Crippen MR) is 103 cm³/mol. The number of hydrogen-bond donors (Lipinski definition) is 2. The Hall–Kier alpha value is -3.19. The van der Waals surface area contributed by atoms with E-state index < -0.39 is 5.97 Å². The molecular formula is C21H22N2O5. The number of methoxy groups -OCH3 is 1. The second-order valence-corrected chi connectivity index (χ2v) is 6.41. The topological polar surface area (TPSA) is 93.7 Å². The summed E-state index contributed by atoms with van der Waals surface area (Å²) in [7, 11) is 1.28. The van der Waals surface area contributed by atoms with Gasteiger partial charge in [-0.1, -0.05) is 12.1 Å². The van der Waals surface area contributed by atoms with Crippen molar-refractivity contribution < 1.29 is 23.9 Å². The molecule has 2 amide bonds. The van der Waals surface area contributed by atoms with Gasteiger partial charge >= 0.3 is 5.97 Å². The minimum absolute atomic E-state index is 0.0730. The first-order chi connectivity index (χ1) is 13.6. The van der Waals surface area contributed by atoms with Crippen LogP contribution in [0.5, 0.6) is 0 Å². The molecular weight excluding hydrogens is 360 g/mol. The summed E-state index contributed by atoms with van der Waals surface area (Å²) in [4.78, 5) is 36.5. The molecule has 2 aromatic carbocycles. The predicted octanol–water partition coefficient (Wildman–Crippen LogP) is 2.63. The first-order valence-electron chi connectivity index (χ1n) is 9.07. The molecule has 1 heterocycles. The third-order valence-corrected chi connectivity index (χ3v) is 4.50. The lowest BCUT2D eigenvalue weighted by Gasteiger charge is -2.11. The number of rotatable bonds is 6. The number of benzene rings is 2. The van der Waals surface area contributed by atoms with Crippen LogP contribution < -0.4 is 10.6 Å². The maximum Gasteiger partial charge on any atom is 0.339 e. The van der Waals surface area contributed by atoms with Crippen molar-refractivity contribution in [2.24, 2.45) is 0 Å². The van der Waals surface area contributed by atoms with E-state index in [1.165, 1.54) is 7.11 Å². The van der Waals surface area contributed by atoms with Gasteiger partial charge in [-0.05, 0) is 49.2 Å². The number of ether oxygens (including phenoxy) is 2. The maximum atomic E-state index is 12.5. The van der Waals surface area contributed by atoms with Gasteiger partial charge in [0.2, 0.25) is 0 Å². The van der Waals surface area contributed by atoms with E-state index >= 15 is 0 Å². The summed E-state index contributed by atoms with van der Waals surface area (Å²) in [6.07, 6.45) is 2.04. The van der Waals surface area contributed by atoms with Crippen LogP contribution in [-0.4, -0.2) is 44.1 Å². The number of anilines is 1. The number of nitrogens with one attached hydrogen (secondary N) is 2. The first kappa shape index (κ1) is 19.6. The molecule has 1 saturated heterocycles. The first-order valence-corrected chi connectivity index (χ1v) is 9.07. The summed E-state index contributed by atoms with van der Waals surface area (Å²) in [5.41, 5.74) is 1.46. The van der Waals surface area contributed by atoms with Crippen LogP contribution in [0.3, 0.4) is 0 Å². The van der Waals surface area contributed by atoms with Crippen molar-refractivity contribution in [2.75, 3.05) is 25.6 Å². The highest BCUT2D eigenvalue weighted by Gasteiger charge is 2.17. The van der Waals surface area contributed by atoms with E-state index in [0.717, 1.165) is 19.4 Å². The average Bonchev–Trinajstić information content (AvgIpc) is 3.25. The Kier molecular flexibility index (Phi) is 6.39. The third kappa shape index (κ3) is 4.75. The van der Waals surface area contributed by atoms with E-state index in [-0.39, 0.29) is 23.5 Å². The molecule has 1 unspecified atom stereocenters. The zero-order valence-electron chi connectivity index (χ0n) is 15.6. The van der Waals surface area contributed by atoms with Crippen LogP contribution in [0.4, 0.5) is 5.69 Å². The fourth-order valence-electron chi connectivity index (χ4n) is 2.96. The van der Waals surface area contributed by atoms with Crippen LogP contribution in [0.15, 0.2) is 48.5 Å². The molecule has 0 aromatic heterocycles. The second-order valence-electron chi connectivity index (χ2n) is 6.41. The Morgan fingerprint density at radius 3 is 2.36 bits per heavy atom. The van der Waals surface area contributed by atoms with E-state index in [2.05, 4.69) is 10.6 Å². The van der Waals surface area contributed by atoms with Crippen molar-refractivity contribution >= 4 is 23.5 Å². The van der Waals surface area contributed by atoms with Gasteiger partial charge in [0.15, 0.2) is 0 Å². The molecule has 1 fully saturated rings. The van der Waals surface area contributed by atoms with E-state index in [0.29, 0.717) is 23.4 Å². The van der Waals surface area contributed by atoms with Gasteiger partial charge in [0.05, 0.1) is 24.5 Å². The molecule has 0 bridgehead atoms. The molecule has 0 aliphatic carbocycles. The smallest absolute Gasteiger partial charge is 0.339 e. The van der Waals surface area contributed by atoms with Crippen molar-refractivity contribution in [1.29, 1.82) is 0 Å². The van der Waals surface area contributed by atoms with E-state index in [4.69, 9.17) is 9.47 Å². The van der Waals surface area contributed by atoms with E-state index in [1.54, 1.807) is 48.5 Å². The number of esters is 1. The Morgan fingerprint density at radius 2 is 1.71 bits per heavy atom. The maximum absolute atomic E-state index is 12.5. The van der Waals surface area contributed by atoms with Gasteiger partial charge in [-0.3, -0.25) is 9.59 Å². The minimum Gasteiger partial charge on any atom is -0.465 e. The third-order valence-electron chi connectivity index (χ3n) is 4.50. The van der Waals surface area contributed by atoms with Gasteiger partial charge in [0, 0.05) is 24.3 Å². The zero-order chi connectivity index (χ0) is 19.9. The van der Waals surface area contributed by atoms with Crippen LogP contribution >= 0.6 is 0 Å². The fourth-order valence-corrected chi connectivity index (χ4v) is 2.96. The number of amides is 2. The molecule has 7 heteroatoms. The molecule has 28 heavy (non-hydrogen) atoms. The summed E-state index contributed by atoms with van der Waals surface area (Å²) in [6.45, 7) is 1.22. The highest BCUT2D eigenvalue weighted by Crippen LogP contribution is 2.17. The van der Waals surface area contributed by atoms with Crippen LogP contribution in [0.2, 0.25) is 0 Å². The van der Waals surface area contributed by atoms with Crippen molar-refractivity contribution in [3.63, 3.8) is 0 Å². The quantitative estimate of drug-likeness (QED) is 0.749. The fraction of sp³-hybridized carbons (Fsp3) is 0.286. The standard InChI is InChI=1S/C21H22N2O5/c1-27-21(26)17-6-2-3-7-18(17)23-20(25)15-10-8-14(9-11-15)19(24)22-13-16-5-4-12-28-16/h2-3,6-11,16H,4-5,12-13H2,1H3,(H,22,24)(H,23,25). The molecule has 146 valence electrons. The number of para-hydroxylation sites is 1. The number of carbonyl (C=O) groups is 3. The molecule has 0 saturated carbocycles. The van der Waals surface area contributed by atoms with Crippen molar-refractivity contribution in [3.8, 4) is 0 Å². The van der Waals surface area contributed by atoms with Crippen LogP contribution in [0.25, 0.3) is 0 Å². The van der Waals surface area contributed by atoms with Crippen molar-refractivity contribution in [2.45, 2.75) is 18.9 Å². The van der Waals surface area contributed by atoms with E-state index in [9.17, 15) is 14.4 Å². The average molecular weight is 382 g/mol. The normalized spacial score (nSPS) is 15.7. The van der Waals surface area contributed by atoms with Crippen LogP contribution in [0, 0.1) is 0 Å². The summed E-state index contributed by atoms with van der Waals surface area (Å²) in [5.74, 6) is -1.13. The molecule has 1 aliphatic heterocycles. The summed E-state index contributed by atoms with van der Waals surface area (Å²) >= 11 is 0. The minimum atomic E-state index is -0.533. The SMILES string of the molecule is COC(=O)c1ccccc1NC(=O)c1ccc(C(=O)NCC2CCCO2)cc1. The lowest BCUT2D eigenvalue weighted by Crippen LogP contribution is -2.31. The lowest BCUT2D eigenvalue weighted by molar-refractivity contribution is 0.0601. The van der Waals surface area contributed by atoms with Gasteiger partial charge in [-0.25, -0.2) is 4.79 Å². The molecule has 7 nitrogen and oxygen atoms in total. The Bertz CT molecular complexity index is 857. The molecule has 2 N–H and O–H groups in total. The lowest BCUT2D eigenvalue weighted by atomic mass is 10.1. The number of hydrogen-bond acceptors (Lipinski definition) is 5. The Labute approximate surface area is 163 Å². The van der Waals surface area contributed by atoms with Gasteiger partial charge < -0.3 is 20.1 Å². The molecule has 0 radical (unpaired) electrons. The zero-order valence-corrected chi connectivity index (χ0v) is 15.6. The number of carbonyl (C=O) groups excluding carboxylic acids is 3. The molecule has 1 atom stereocenters. The summed E-state index contributed by atoms with van der Waals surface area (Å²) in [5, 5.41) is 5.54. The largest absolute Gasteiger partial charge is 0.465 e. The van der Waals surface area contributed by atoms with Gasteiger partial charge in [0.1, 0.15) is 0 Å². The molecule has 2 aromatic rings. The Balaban J connectivity index is 1.62. The molecule has 3 rings (SSSR count). The molecule has 0 spiro atoms. The highest BCUT2D eigenvalue weighted by molar-refractivity contribution is 6.08. The molecule has 1 aliphatic rings.